The summed E-state index contributed by atoms with van der Waals surface area (Å²) in [4.78, 5) is 16.8. The molecule has 3 rings (SSSR count). The summed E-state index contributed by atoms with van der Waals surface area (Å²) in [6, 6.07) is 12.5. The Balaban J connectivity index is 1.55. The molecule has 4 heteroatoms. The molecule has 0 spiro atoms. The second kappa shape index (κ2) is 13.6. The normalized spacial score (nSPS) is 14.9. The Morgan fingerprint density at radius 1 is 1.18 bits per heavy atom. The minimum Gasteiger partial charge on any atom is -0.497 e. The smallest absolute Gasteiger partial charge is 0.244 e. The first-order valence-corrected chi connectivity index (χ1v) is 12.4. The van der Waals surface area contributed by atoms with Crippen LogP contribution in [0.5, 0.6) is 5.75 Å². The van der Waals surface area contributed by atoms with Crippen LogP contribution in [-0.2, 0) is 11.2 Å². The average molecular weight is 447 g/mol. The van der Waals surface area contributed by atoms with E-state index in [1.807, 2.05) is 30.5 Å². The second-order valence-corrected chi connectivity index (χ2v) is 8.94. The van der Waals surface area contributed by atoms with Crippen molar-refractivity contribution in [2.24, 2.45) is 5.92 Å². The zero-order valence-electron chi connectivity index (χ0n) is 20.1. The number of aryl methyl sites for hydroxylation is 1. The predicted octanol–water partition coefficient (Wildman–Crippen LogP) is 6.53. The lowest BCUT2D eigenvalue weighted by molar-refractivity contribution is -0.117. The number of carbonyl (C=O) groups is 1. The molecule has 2 aromatic rings. The lowest BCUT2D eigenvalue weighted by Crippen LogP contribution is -2.35. The van der Waals surface area contributed by atoms with E-state index >= 15 is 0 Å². The molecule has 1 aromatic carbocycles. The predicted molar refractivity (Wildman–Crippen MR) is 136 cm³/mol. The monoisotopic (exact) mass is 446 g/mol. The zero-order chi connectivity index (χ0) is 23.3. The van der Waals surface area contributed by atoms with Crippen LogP contribution < -0.4 is 10.1 Å². The Labute approximate surface area is 199 Å². The third-order valence-electron chi connectivity index (χ3n) is 6.28. The molecule has 1 fully saturated rings. The first-order valence-electron chi connectivity index (χ1n) is 12.4. The maximum atomic E-state index is 12.6. The topological polar surface area (TPSA) is 51.2 Å². The highest BCUT2D eigenvalue weighted by molar-refractivity contribution is 5.88. The Kier molecular flexibility index (Phi) is 10.2. The largest absolute Gasteiger partial charge is 0.497 e. The Morgan fingerprint density at radius 3 is 2.67 bits per heavy atom. The van der Waals surface area contributed by atoms with Gasteiger partial charge in [0.1, 0.15) is 5.75 Å². The van der Waals surface area contributed by atoms with Crippen molar-refractivity contribution in [1.29, 1.82) is 0 Å². The van der Waals surface area contributed by atoms with E-state index in [2.05, 4.69) is 41.5 Å². The van der Waals surface area contributed by atoms with Crippen LogP contribution in [0.25, 0.3) is 5.57 Å². The van der Waals surface area contributed by atoms with Crippen molar-refractivity contribution in [2.45, 2.75) is 70.8 Å². The van der Waals surface area contributed by atoms with E-state index in [1.54, 1.807) is 19.4 Å². The number of amides is 1. The number of aromatic nitrogens is 1. The van der Waals surface area contributed by atoms with Crippen molar-refractivity contribution >= 4 is 11.5 Å². The fourth-order valence-electron chi connectivity index (χ4n) is 4.17. The van der Waals surface area contributed by atoms with Crippen LogP contribution in [-0.4, -0.2) is 24.0 Å². The van der Waals surface area contributed by atoms with Gasteiger partial charge >= 0.3 is 0 Å². The van der Waals surface area contributed by atoms with Gasteiger partial charge < -0.3 is 10.1 Å². The van der Waals surface area contributed by atoms with E-state index in [9.17, 15) is 4.79 Å². The molecule has 1 aliphatic carbocycles. The molecule has 1 N–H and O–H groups in total. The number of carbonyl (C=O) groups excluding carboxylic acids is 1. The number of nitrogens with zero attached hydrogens (tertiary/aromatic N) is 1. The second-order valence-electron chi connectivity index (χ2n) is 8.94. The molecule has 0 aliphatic heterocycles. The van der Waals surface area contributed by atoms with Gasteiger partial charge in [-0.1, -0.05) is 50.1 Å². The summed E-state index contributed by atoms with van der Waals surface area (Å²) in [5, 5.41) is 3.26. The molecule has 33 heavy (non-hydrogen) atoms. The van der Waals surface area contributed by atoms with Gasteiger partial charge in [0, 0.05) is 24.5 Å². The van der Waals surface area contributed by atoms with E-state index < -0.39 is 0 Å². The minimum absolute atomic E-state index is 0.00664. The number of benzene rings is 1. The molecule has 4 nitrogen and oxygen atoms in total. The number of pyridine rings is 1. The number of methoxy groups -OCH3 is 1. The van der Waals surface area contributed by atoms with E-state index in [1.165, 1.54) is 42.4 Å². The van der Waals surface area contributed by atoms with Crippen LogP contribution in [0.1, 0.15) is 69.4 Å². The van der Waals surface area contributed by atoms with E-state index in [-0.39, 0.29) is 11.9 Å². The van der Waals surface area contributed by atoms with E-state index in [0.29, 0.717) is 5.92 Å². The van der Waals surface area contributed by atoms with Crippen LogP contribution >= 0.6 is 0 Å². The summed E-state index contributed by atoms with van der Waals surface area (Å²) >= 11 is 0. The van der Waals surface area contributed by atoms with E-state index in [0.717, 1.165) is 37.9 Å². The highest BCUT2D eigenvalue weighted by Gasteiger charge is 2.31. The summed E-state index contributed by atoms with van der Waals surface area (Å²) in [6.45, 7) is 2.22. The number of unbranched alkanes of at least 4 members (excludes halogenated alkanes) is 2. The van der Waals surface area contributed by atoms with Gasteiger partial charge in [0.2, 0.25) is 5.91 Å². The fourth-order valence-corrected chi connectivity index (χ4v) is 4.17. The quantitative estimate of drug-likeness (QED) is 0.204. The Bertz CT molecular complexity index is 899. The molecule has 0 saturated heterocycles. The van der Waals surface area contributed by atoms with Gasteiger partial charge in [-0.15, -0.1) is 0 Å². The van der Waals surface area contributed by atoms with Gasteiger partial charge in [0.15, 0.2) is 0 Å². The number of nitrogens with one attached hydrogen (secondary N) is 1. The lowest BCUT2D eigenvalue weighted by atomic mass is 9.99. The molecule has 176 valence electrons. The first-order chi connectivity index (χ1) is 16.2. The summed E-state index contributed by atoms with van der Waals surface area (Å²) in [5.74, 6) is 1.50. The summed E-state index contributed by atoms with van der Waals surface area (Å²) in [5.41, 5.74) is 3.70. The minimum atomic E-state index is 0.00664. The van der Waals surface area contributed by atoms with Gasteiger partial charge in [-0.25, -0.2) is 0 Å². The van der Waals surface area contributed by atoms with Crippen molar-refractivity contribution in [2.75, 3.05) is 7.11 Å². The third-order valence-corrected chi connectivity index (χ3v) is 6.28. The number of ether oxygens (including phenoxy) is 1. The van der Waals surface area contributed by atoms with Crippen LogP contribution in [0.4, 0.5) is 0 Å². The average Bonchev–Trinajstić information content (AvgIpc) is 3.69. The molecule has 0 bridgehead atoms. The summed E-state index contributed by atoms with van der Waals surface area (Å²) < 4.78 is 5.28. The molecular formula is C29H38N2O2. The molecule has 1 saturated carbocycles. The molecule has 1 aliphatic rings. The van der Waals surface area contributed by atoms with Crippen molar-refractivity contribution in [3.63, 3.8) is 0 Å². The van der Waals surface area contributed by atoms with Crippen LogP contribution in [0.15, 0.2) is 67.0 Å². The maximum Gasteiger partial charge on any atom is 0.244 e. The first kappa shape index (κ1) is 24.8. The number of allylic oxidation sites excluding steroid dienone is 3. The molecule has 1 amide bonds. The van der Waals surface area contributed by atoms with Gasteiger partial charge in [0.25, 0.3) is 0 Å². The van der Waals surface area contributed by atoms with Crippen molar-refractivity contribution in [1.82, 2.24) is 10.3 Å². The highest BCUT2D eigenvalue weighted by atomic mass is 16.5. The molecule has 0 radical (unpaired) electrons. The van der Waals surface area contributed by atoms with Gasteiger partial charge in [-0.2, -0.15) is 0 Å². The number of hydrogen-bond acceptors (Lipinski definition) is 3. The molecule has 1 heterocycles. The van der Waals surface area contributed by atoms with Crippen molar-refractivity contribution in [3.8, 4) is 5.75 Å². The molecule has 0 unspecified atom stereocenters. The van der Waals surface area contributed by atoms with Crippen molar-refractivity contribution < 1.29 is 9.53 Å². The standard InChI is InChI=1S/C29H38N2O2/c1-3-4-5-11-24(25-17-19-27(33-2)20-18-25)12-7-14-29(32)31-28(26-15-16-26)13-6-9-23-10-8-21-30-22-23/h7-8,10,12,14,17-22,26,28H,3-6,9,11,13,15-16H2,1-2H3,(H,31,32)/t28-/m0/s1. The SMILES string of the molecule is CCCCCC(=CC=CC(=O)N[C@@H](CCCc1cccnc1)C1CC1)c1ccc(OC)cc1. The number of hydrogen-bond donors (Lipinski definition) is 1. The van der Waals surface area contributed by atoms with Crippen molar-refractivity contribution in [3.05, 3.63) is 78.1 Å². The zero-order valence-corrected chi connectivity index (χ0v) is 20.1. The third kappa shape index (κ3) is 8.88. The molecule has 1 aromatic heterocycles. The summed E-state index contributed by atoms with van der Waals surface area (Å²) in [7, 11) is 1.68. The Morgan fingerprint density at radius 2 is 2.00 bits per heavy atom. The van der Waals surface area contributed by atoms with E-state index in [4.69, 9.17) is 4.74 Å². The van der Waals surface area contributed by atoms with Gasteiger partial charge in [0.05, 0.1) is 7.11 Å². The fraction of sp³-hybridized carbons (Fsp3) is 0.448. The summed E-state index contributed by atoms with van der Waals surface area (Å²) in [6.07, 6.45) is 19.5. The lowest BCUT2D eigenvalue weighted by Gasteiger charge is -2.17. The maximum absolute atomic E-state index is 12.6. The van der Waals surface area contributed by atoms with Crippen LogP contribution in [0.2, 0.25) is 0 Å². The number of rotatable bonds is 14. The van der Waals surface area contributed by atoms with Crippen LogP contribution in [0, 0.1) is 5.92 Å². The van der Waals surface area contributed by atoms with Gasteiger partial charge in [-0.05, 0) is 85.8 Å². The molecule has 1 atom stereocenters. The Hall–Kier alpha value is -2.88. The van der Waals surface area contributed by atoms with Gasteiger partial charge in [-0.3, -0.25) is 9.78 Å². The molecular weight excluding hydrogens is 408 g/mol. The van der Waals surface area contributed by atoms with Crippen LogP contribution in [0.3, 0.4) is 0 Å². The highest BCUT2D eigenvalue weighted by Crippen LogP contribution is 2.34.